The molecule has 2 aliphatic heterocycles. The molecule has 0 unspecified atom stereocenters. The minimum Gasteiger partial charge on any atom is -0.508 e. The molecule has 2 aliphatic rings. The maximum Gasteiger partial charge on any atom is 0.343 e. The number of phenolic OH excluding ortho intramolecular Hbond substituents is 1. The van der Waals surface area contributed by atoms with E-state index in [9.17, 15) is 19.8 Å². The van der Waals surface area contributed by atoms with Crippen molar-refractivity contribution in [2.45, 2.75) is 52.0 Å². The number of aromatic hydroxyl groups is 1. The molecule has 0 fully saturated rings. The van der Waals surface area contributed by atoms with Gasteiger partial charge in [0.25, 0.3) is 5.56 Å². The SMILES string of the molecule is CCc1c2c(nc3ccc(O)c(CN)c13)-c1cc3c(c(=O)n1C2)COC(=O)[C@]3(O)CC. The van der Waals surface area contributed by atoms with Crippen LogP contribution >= 0.6 is 0 Å². The molecule has 0 aliphatic carbocycles. The third-order valence-corrected chi connectivity index (χ3v) is 6.61. The molecule has 8 heteroatoms. The van der Waals surface area contributed by atoms with Crippen molar-refractivity contribution in [3.63, 3.8) is 0 Å². The van der Waals surface area contributed by atoms with Gasteiger partial charge in [0, 0.05) is 28.6 Å². The van der Waals surface area contributed by atoms with Crippen LogP contribution in [0.4, 0.5) is 0 Å². The van der Waals surface area contributed by atoms with E-state index < -0.39 is 11.6 Å². The minimum atomic E-state index is -1.85. The van der Waals surface area contributed by atoms with Gasteiger partial charge >= 0.3 is 5.97 Å². The van der Waals surface area contributed by atoms with Crippen molar-refractivity contribution in [1.29, 1.82) is 0 Å². The van der Waals surface area contributed by atoms with Crippen LogP contribution in [0.5, 0.6) is 5.75 Å². The summed E-state index contributed by atoms with van der Waals surface area (Å²) in [5.74, 6) is -0.618. The standard InChI is InChI=1S/C23H23N3O5/c1-3-11-13-9-26-17(20(13)25-16-5-6-18(27)12(8-24)19(11)16)7-15-14(21(26)28)10-31-22(29)23(15,30)4-2/h5-7,27,30H,3-4,8-10,24H2,1-2H3/t23-/m0/s1. The van der Waals surface area contributed by atoms with Gasteiger partial charge in [0.1, 0.15) is 12.4 Å². The van der Waals surface area contributed by atoms with Gasteiger partial charge in [0.05, 0.1) is 29.0 Å². The second kappa shape index (κ2) is 6.63. The lowest BCUT2D eigenvalue weighted by molar-refractivity contribution is -0.172. The van der Waals surface area contributed by atoms with Gasteiger partial charge in [0.2, 0.25) is 0 Å². The highest BCUT2D eigenvalue weighted by Gasteiger charge is 2.45. The summed E-state index contributed by atoms with van der Waals surface area (Å²) in [5, 5.41) is 22.1. The number of hydrogen-bond acceptors (Lipinski definition) is 7. The molecular weight excluding hydrogens is 398 g/mol. The van der Waals surface area contributed by atoms with E-state index in [0.717, 1.165) is 16.5 Å². The van der Waals surface area contributed by atoms with Crippen molar-refractivity contribution in [1.82, 2.24) is 9.55 Å². The Morgan fingerprint density at radius 1 is 1.23 bits per heavy atom. The summed E-state index contributed by atoms with van der Waals surface area (Å²) in [4.78, 5) is 30.5. The number of esters is 1. The number of aromatic nitrogens is 2. The van der Waals surface area contributed by atoms with E-state index in [2.05, 4.69) is 0 Å². The molecule has 0 radical (unpaired) electrons. The molecule has 2 aromatic heterocycles. The maximum atomic E-state index is 13.3. The number of phenols is 1. The molecule has 0 saturated carbocycles. The Labute approximate surface area is 177 Å². The number of hydrogen-bond donors (Lipinski definition) is 3. The Morgan fingerprint density at radius 2 is 2.00 bits per heavy atom. The first-order valence-electron chi connectivity index (χ1n) is 10.4. The average Bonchev–Trinajstić information content (AvgIpc) is 3.14. The van der Waals surface area contributed by atoms with Gasteiger partial charge in [-0.05, 0) is 36.6 Å². The van der Waals surface area contributed by atoms with E-state index in [1.54, 1.807) is 29.7 Å². The van der Waals surface area contributed by atoms with E-state index in [4.69, 9.17) is 15.5 Å². The smallest absolute Gasteiger partial charge is 0.343 e. The van der Waals surface area contributed by atoms with Crippen LogP contribution in [0.1, 0.15) is 48.1 Å². The van der Waals surface area contributed by atoms with Crippen LogP contribution in [0.3, 0.4) is 0 Å². The van der Waals surface area contributed by atoms with Crippen molar-refractivity contribution in [2.75, 3.05) is 0 Å². The van der Waals surface area contributed by atoms with Crippen LogP contribution in [-0.2, 0) is 41.2 Å². The molecule has 8 nitrogen and oxygen atoms in total. The summed E-state index contributed by atoms with van der Waals surface area (Å²) in [5.41, 5.74) is 8.76. The predicted octanol–water partition coefficient (Wildman–Crippen LogP) is 1.81. The lowest BCUT2D eigenvalue weighted by Crippen LogP contribution is -2.44. The number of carbonyl (C=O) groups is 1. The largest absolute Gasteiger partial charge is 0.508 e. The van der Waals surface area contributed by atoms with Crippen molar-refractivity contribution in [2.24, 2.45) is 5.73 Å². The van der Waals surface area contributed by atoms with Crippen LogP contribution in [-0.4, -0.2) is 25.7 Å². The van der Waals surface area contributed by atoms with Crippen molar-refractivity contribution in [3.8, 4) is 17.1 Å². The summed E-state index contributed by atoms with van der Waals surface area (Å²) >= 11 is 0. The monoisotopic (exact) mass is 421 g/mol. The topological polar surface area (TPSA) is 128 Å². The number of benzene rings is 1. The van der Waals surface area contributed by atoms with Crippen molar-refractivity contribution < 1.29 is 19.7 Å². The quantitative estimate of drug-likeness (QED) is 0.430. The van der Waals surface area contributed by atoms with Gasteiger partial charge in [-0.15, -0.1) is 0 Å². The molecule has 0 spiro atoms. The number of ether oxygens (including phenoxy) is 1. The first-order valence-corrected chi connectivity index (χ1v) is 10.4. The minimum absolute atomic E-state index is 0.0963. The molecular formula is C23H23N3O5. The summed E-state index contributed by atoms with van der Waals surface area (Å²) in [6.07, 6.45) is 0.764. The highest BCUT2D eigenvalue weighted by atomic mass is 16.6. The number of fused-ring (bicyclic) bond motifs is 5. The second-order valence-corrected chi connectivity index (χ2v) is 8.04. The molecule has 3 aromatic rings. The maximum absolute atomic E-state index is 13.3. The Kier molecular flexibility index (Phi) is 4.22. The Hall–Kier alpha value is -3.23. The summed E-state index contributed by atoms with van der Waals surface area (Å²) in [7, 11) is 0. The Morgan fingerprint density at radius 3 is 2.68 bits per heavy atom. The number of carbonyl (C=O) groups excluding carboxylic acids is 1. The fraction of sp³-hybridized carbons (Fsp3) is 0.348. The number of cyclic esters (lactones) is 1. The molecule has 0 amide bonds. The third-order valence-electron chi connectivity index (χ3n) is 6.61. The summed E-state index contributed by atoms with van der Waals surface area (Å²) < 4.78 is 6.74. The second-order valence-electron chi connectivity index (χ2n) is 8.04. The van der Waals surface area contributed by atoms with Gasteiger partial charge in [-0.25, -0.2) is 9.78 Å². The molecule has 4 heterocycles. The van der Waals surface area contributed by atoms with E-state index in [1.165, 1.54) is 0 Å². The van der Waals surface area contributed by atoms with E-state index in [0.29, 0.717) is 46.6 Å². The molecule has 5 rings (SSSR count). The van der Waals surface area contributed by atoms with Gasteiger partial charge in [-0.1, -0.05) is 13.8 Å². The number of rotatable bonds is 3. The number of aryl methyl sites for hydroxylation is 1. The van der Waals surface area contributed by atoms with Crippen molar-refractivity contribution >= 4 is 16.9 Å². The highest BCUT2D eigenvalue weighted by Crippen LogP contribution is 2.41. The predicted molar refractivity (Wildman–Crippen MR) is 113 cm³/mol. The van der Waals surface area contributed by atoms with Crippen LogP contribution in [0.2, 0.25) is 0 Å². The fourth-order valence-electron chi connectivity index (χ4n) is 4.93. The van der Waals surface area contributed by atoms with Crippen LogP contribution < -0.4 is 11.3 Å². The molecule has 4 N–H and O–H groups in total. The zero-order valence-corrected chi connectivity index (χ0v) is 17.4. The number of nitrogens with two attached hydrogens (primary N) is 1. The Bertz CT molecular complexity index is 1340. The van der Waals surface area contributed by atoms with Gasteiger partial charge in [-0.2, -0.15) is 0 Å². The first-order chi connectivity index (χ1) is 14.8. The van der Waals surface area contributed by atoms with Crippen LogP contribution in [0.15, 0.2) is 23.0 Å². The van der Waals surface area contributed by atoms with Crippen molar-refractivity contribution in [3.05, 3.63) is 56.4 Å². The fourth-order valence-corrected chi connectivity index (χ4v) is 4.93. The molecule has 0 saturated heterocycles. The Balaban J connectivity index is 1.85. The van der Waals surface area contributed by atoms with E-state index >= 15 is 0 Å². The summed E-state index contributed by atoms with van der Waals surface area (Å²) in [6.45, 7) is 4.02. The zero-order chi connectivity index (χ0) is 22.1. The average molecular weight is 421 g/mol. The molecule has 31 heavy (non-hydrogen) atoms. The van der Waals surface area contributed by atoms with Gasteiger partial charge < -0.3 is 25.3 Å². The summed E-state index contributed by atoms with van der Waals surface area (Å²) in [6, 6.07) is 5.02. The molecule has 160 valence electrons. The lowest BCUT2D eigenvalue weighted by atomic mass is 9.86. The highest BCUT2D eigenvalue weighted by molar-refractivity contribution is 5.92. The number of aliphatic hydroxyl groups is 1. The number of nitrogens with zero attached hydrogens (tertiary/aromatic N) is 2. The molecule has 1 aromatic carbocycles. The molecule has 0 bridgehead atoms. The van der Waals surface area contributed by atoms with Crippen LogP contribution in [0, 0.1) is 0 Å². The lowest BCUT2D eigenvalue weighted by Gasteiger charge is -2.31. The first kappa shape index (κ1) is 19.7. The van der Waals surface area contributed by atoms with E-state index in [-0.39, 0.29) is 30.9 Å². The number of pyridine rings is 2. The normalized spacial score (nSPS) is 19.2. The van der Waals surface area contributed by atoms with Crippen LogP contribution in [0.25, 0.3) is 22.3 Å². The van der Waals surface area contributed by atoms with Gasteiger partial charge in [-0.3, -0.25) is 4.79 Å². The molecule has 1 atom stereocenters. The van der Waals surface area contributed by atoms with Gasteiger partial charge in [0.15, 0.2) is 5.60 Å². The zero-order valence-electron chi connectivity index (χ0n) is 17.4. The third kappa shape index (κ3) is 2.46. The van der Waals surface area contributed by atoms with E-state index in [1.807, 2.05) is 6.92 Å².